The van der Waals surface area contributed by atoms with E-state index < -0.39 is 23.2 Å². The van der Waals surface area contributed by atoms with Gasteiger partial charge in [-0.3, -0.25) is 4.57 Å². The summed E-state index contributed by atoms with van der Waals surface area (Å²) in [6, 6.07) is 9.82. The molecule has 3 nitrogen and oxygen atoms in total. The maximum atomic E-state index is 13.1. The zero-order valence-electron chi connectivity index (χ0n) is 12.8. The lowest BCUT2D eigenvalue weighted by Crippen LogP contribution is -2.32. The van der Waals surface area contributed by atoms with Crippen LogP contribution in [0.1, 0.15) is 5.56 Å². The molecule has 0 aromatic heterocycles. The van der Waals surface area contributed by atoms with E-state index in [0.29, 0.717) is 6.61 Å². The summed E-state index contributed by atoms with van der Waals surface area (Å²) in [5, 5.41) is 0. The van der Waals surface area contributed by atoms with E-state index in [1.54, 1.807) is 0 Å². The summed E-state index contributed by atoms with van der Waals surface area (Å²) in [4.78, 5) is 0. The van der Waals surface area contributed by atoms with Crippen molar-refractivity contribution >= 4 is 23.2 Å². The number of hydrogen-bond donors (Lipinski definition) is 0. The molecular weight excluding hydrogens is 291 g/mol. The molecule has 0 N–H and O–H groups in total. The van der Waals surface area contributed by atoms with E-state index in [0.717, 1.165) is 5.56 Å². The number of hydrogen-bond acceptors (Lipinski definition) is 3. The highest BCUT2D eigenvalue weighted by molar-refractivity contribution is 7.93. The maximum Gasteiger partial charge on any atom is 0.287 e. The Hall–Kier alpha value is -0.196. The van der Waals surface area contributed by atoms with Crippen LogP contribution < -0.4 is 0 Å². The molecule has 0 aliphatic rings. The van der Waals surface area contributed by atoms with Crippen molar-refractivity contribution in [2.24, 2.45) is 0 Å². The van der Waals surface area contributed by atoms with Crippen molar-refractivity contribution in [3.05, 3.63) is 35.9 Å². The normalized spacial score (nSPS) is 16.1. The fraction of sp³-hybridized carbons (Fsp3) is 0.538. The van der Waals surface area contributed by atoms with Gasteiger partial charge >= 0.3 is 0 Å². The largest absolute Gasteiger partial charge is 0.355 e. The SMILES string of the molecule is C[Si](C)(C)OP(=O)(OCc1ccccc1)[Si](C)(C)C. The first-order chi connectivity index (χ1) is 8.54. The topological polar surface area (TPSA) is 35.5 Å². The van der Waals surface area contributed by atoms with Gasteiger partial charge in [-0.05, 0) is 25.2 Å². The Bertz CT molecular complexity index is 449. The van der Waals surface area contributed by atoms with Gasteiger partial charge < -0.3 is 8.74 Å². The van der Waals surface area contributed by atoms with Crippen LogP contribution in [0.4, 0.5) is 0 Å². The fourth-order valence-electron chi connectivity index (χ4n) is 1.45. The average molecular weight is 316 g/mol. The number of rotatable bonds is 6. The highest BCUT2D eigenvalue weighted by Gasteiger charge is 2.44. The second kappa shape index (κ2) is 6.06. The molecule has 1 rings (SSSR count). The van der Waals surface area contributed by atoms with Crippen LogP contribution in [0.15, 0.2) is 30.3 Å². The van der Waals surface area contributed by atoms with Crippen LogP contribution in [0.25, 0.3) is 0 Å². The smallest absolute Gasteiger partial charge is 0.287 e. The third kappa shape index (κ3) is 5.36. The molecule has 1 atom stereocenters. The second-order valence-electron chi connectivity index (χ2n) is 6.63. The zero-order valence-corrected chi connectivity index (χ0v) is 15.7. The molecule has 0 aliphatic heterocycles. The Morgan fingerprint density at radius 2 is 1.53 bits per heavy atom. The first-order valence-corrected chi connectivity index (χ1v) is 15.8. The lowest BCUT2D eigenvalue weighted by atomic mass is 10.2. The van der Waals surface area contributed by atoms with Crippen molar-refractivity contribution < 1.29 is 13.3 Å². The van der Waals surface area contributed by atoms with Gasteiger partial charge in [0.15, 0.2) is 16.1 Å². The van der Waals surface area contributed by atoms with Gasteiger partial charge in [0.25, 0.3) is 7.14 Å². The molecule has 0 aliphatic carbocycles. The summed E-state index contributed by atoms with van der Waals surface area (Å²) in [5.41, 5.74) is 1.03. The minimum Gasteiger partial charge on any atom is -0.355 e. The minimum atomic E-state index is -2.99. The Kier molecular flexibility index (Phi) is 5.38. The van der Waals surface area contributed by atoms with Gasteiger partial charge in [-0.2, -0.15) is 0 Å². The fourth-order valence-corrected chi connectivity index (χ4v) is 12.6. The Morgan fingerprint density at radius 1 is 1.00 bits per heavy atom. The maximum absolute atomic E-state index is 13.1. The molecule has 0 spiro atoms. The van der Waals surface area contributed by atoms with Gasteiger partial charge in [0, 0.05) is 0 Å². The predicted molar refractivity (Wildman–Crippen MR) is 86.6 cm³/mol. The van der Waals surface area contributed by atoms with Crippen LogP contribution in [0.2, 0.25) is 39.3 Å². The van der Waals surface area contributed by atoms with Crippen molar-refractivity contribution in [1.29, 1.82) is 0 Å². The summed E-state index contributed by atoms with van der Waals surface area (Å²) in [6.45, 7) is 12.6. The summed E-state index contributed by atoms with van der Waals surface area (Å²) >= 11 is 0. The molecule has 0 saturated heterocycles. The molecule has 1 aromatic rings. The molecule has 0 bridgehead atoms. The van der Waals surface area contributed by atoms with Gasteiger partial charge in [-0.25, -0.2) is 0 Å². The van der Waals surface area contributed by atoms with Gasteiger partial charge in [0.1, 0.15) is 0 Å². The van der Waals surface area contributed by atoms with E-state index >= 15 is 0 Å². The van der Waals surface area contributed by atoms with Crippen molar-refractivity contribution in [3.63, 3.8) is 0 Å². The van der Waals surface area contributed by atoms with Crippen LogP contribution >= 0.6 is 7.14 Å². The van der Waals surface area contributed by atoms with Gasteiger partial charge in [-0.15, -0.1) is 0 Å². The molecule has 6 heteroatoms. The van der Waals surface area contributed by atoms with E-state index in [4.69, 9.17) is 8.74 Å². The lowest BCUT2D eigenvalue weighted by molar-refractivity contribution is 0.266. The molecule has 1 unspecified atom stereocenters. The second-order valence-corrected chi connectivity index (χ2v) is 22.8. The molecule has 19 heavy (non-hydrogen) atoms. The van der Waals surface area contributed by atoms with Crippen molar-refractivity contribution in [2.45, 2.75) is 45.9 Å². The quantitative estimate of drug-likeness (QED) is 0.542. The predicted octanol–water partition coefficient (Wildman–Crippen LogP) is 5.08. The van der Waals surface area contributed by atoms with E-state index in [9.17, 15) is 4.57 Å². The Morgan fingerprint density at radius 3 is 1.95 bits per heavy atom. The summed E-state index contributed by atoms with van der Waals surface area (Å²) in [7, 11) is -6.91. The van der Waals surface area contributed by atoms with Gasteiger partial charge in [0.2, 0.25) is 0 Å². The average Bonchev–Trinajstić information content (AvgIpc) is 2.24. The van der Waals surface area contributed by atoms with E-state index in [2.05, 4.69) is 0 Å². The summed E-state index contributed by atoms with van der Waals surface area (Å²) in [6.07, 6.45) is 0. The van der Waals surface area contributed by atoms with Gasteiger partial charge in [-0.1, -0.05) is 50.0 Å². The van der Waals surface area contributed by atoms with Crippen LogP contribution in [-0.4, -0.2) is 16.1 Å². The highest BCUT2D eigenvalue weighted by Crippen LogP contribution is 2.59. The first-order valence-electron chi connectivity index (χ1n) is 6.53. The van der Waals surface area contributed by atoms with E-state index in [1.165, 1.54) is 0 Å². The lowest BCUT2D eigenvalue weighted by Gasteiger charge is -2.33. The van der Waals surface area contributed by atoms with Crippen LogP contribution in [0.3, 0.4) is 0 Å². The summed E-state index contributed by atoms with van der Waals surface area (Å²) in [5.74, 6) is 0. The van der Waals surface area contributed by atoms with E-state index in [1.807, 2.05) is 69.6 Å². The molecule has 108 valence electrons. The minimum absolute atomic E-state index is 0.354. The summed E-state index contributed by atoms with van der Waals surface area (Å²) < 4.78 is 24.8. The monoisotopic (exact) mass is 316 g/mol. The van der Waals surface area contributed by atoms with Gasteiger partial charge in [0.05, 0.1) is 6.61 Å². The molecular formula is C13H25O3PSi2. The third-order valence-electron chi connectivity index (χ3n) is 2.46. The van der Waals surface area contributed by atoms with Crippen LogP contribution in [-0.2, 0) is 19.9 Å². The highest BCUT2D eigenvalue weighted by atomic mass is 31.4. The first kappa shape index (κ1) is 16.9. The molecule has 1 aromatic carbocycles. The zero-order chi connectivity index (χ0) is 14.7. The molecule has 0 heterocycles. The standard InChI is InChI=1S/C13H25O3PSi2/c1-18(2,3)16-17(14,19(4,5)6)15-12-13-10-8-7-9-11-13/h7-11H,12H2,1-6H3. The number of benzene rings is 1. The Balaban J connectivity index is 2.85. The molecule has 0 radical (unpaired) electrons. The molecule has 0 fully saturated rings. The molecule has 0 amide bonds. The van der Waals surface area contributed by atoms with Crippen molar-refractivity contribution in [2.75, 3.05) is 0 Å². The van der Waals surface area contributed by atoms with Crippen molar-refractivity contribution in [3.8, 4) is 0 Å². The third-order valence-corrected chi connectivity index (χ3v) is 13.9. The van der Waals surface area contributed by atoms with Crippen molar-refractivity contribution in [1.82, 2.24) is 0 Å². The Labute approximate surface area is 118 Å². The van der Waals surface area contributed by atoms with Crippen LogP contribution in [0.5, 0.6) is 0 Å². The molecule has 0 saturated carbocycles. The van der Waals surface area contributed by atoms with Crippen LogP contribution in [0, 0.1) is 0 Å². The van der Waals surface area contributed by atoms with E-state index in [-0.39, 0.29) is 0 Å².